The van der Waals surface area contributed by atoms with Crippen molar-refractivity contribution in [1.29, 1.82) is 5.26 Å². The minimum absolute atomic E-state index is 0.594. The van der Waals surface area contributed by atoms with Crippen molar-refractivity contribution in [1.82, 2.24) is 4.98 Å². The van der Waals surface area contributed by atoms with Gasteiger partial charge in [-0.2, -0.15) is 5.26 Å². The van der Waals surface area contributed by atoms with Gasteiger partial charge < -0.3 is 0 Å². The second-order valence-corrected chi connectivity index (χ2v) is 4.32. The van der Waals surface area contributed by atoms with Crippen LogP contribution in [0.1, 0.15) is 22.3 Å². The van der Waals surface area contributed by atoms with E-state index in [1.807, 2.05) is 6.07 Å². The van der Waals surface area contributed by atoms with Crippen molar-refractivity contribution in [2.45, 2.75) is 20.8 Å². The van der Waals surface area contributed by atoms with E-state index in [4.69, 9.17) is 5.26 Å². The van der Waals surface area contributed by atoms with Crippen molar-refractivity contribution in [3.8, 4) is 17.3 Å². The number of aryl methyl sites for hydroxylation is 3. The fourth-order valence-corrected chi connectivity index (χ4v) is 2.19. The Hall–Kier alpha value is -2.14. The lowest BCUT2D eigenvalue weighted by Crippen LogP contribution is -1.92. The van der Waals surface area contributed by atoms with Crippen LogP contribution < -0.4 is 0 Å². The standard InChI is InChI=1S/C15H14N2/c1-10-6-11(2)15(12(3)7-10)14-5-4-13(8-16)9-17-14/h4-7,9H,1-3H3. The van der Waals surface area contributed by atoms with Gasteiger partial charge >= 0.3 is 0 Å². The van der Waals surface area contributed by atoms with Gasteiger partial charge in [-0.1, -0.05) is 17.7 Å². The van der Waals surface area contributed by atoms with E-state index in [2.05, 4.69) is 44.0 Å². The van der Waals surface area contributed by atoms with Crippen LogP contribution in [0.15, 0.2) is 30.5 Å². The van der Waals surface area contributed by atoms with E-state index in [9.17, 15) is 0 Å². The van der Waals surface area contributed by atoms with E-state index in [-0.39, 0.29) is 0 Å². The summed E-state index contributed by atoms with van der Waals surface area (Å²) in [5, 5.41) is 8.75. The van der Waals surface area contributed by atoms with Crippen molar-refractivity contribution in [2.24, 2.45) is 0 Å². The average Bonchev–Trinajstić information content (AvgIpc) is 2.28. The van der Waals surface area contributed by atoms with Crippen molar-refractivity contribution in [3.05, 3.63) is 52.7 Å². The molecule has 0 atom stereocenters. The molecule has 0 aliphatic rings. The molecule has 0 bridgehead atoms. The summed E-state index contributed by atoms with van der Waals surface area (Å²) < 4.78 is 0. The molecule has 0 N–H and O–H groups in total. The average molecular weight is 222 g/mol. The molecule has 0 saturated heterocycles. The van der Waals surface area contributed by atoms with Gasteiger partial charge in [0, 0.05) is 11.8 Å². The second-order valence-electron chi connectivity index (χ2n) is 4.32. The van der Waals surface area contributed by atoms with Crippen LogP contribution >= 0.6 is 0 Å². The summed E-state index contributed by atoms with van der Waals surface area (Å²) in [7, 11) is 0. The lowest BCUT2D eigenvalue weighted by Gasteiger charge is -2.10. The maximum absolute atomic E-state index is 8.75. The van der Waals surface area contributed by atoms with Gasteiger partial charge in [0.1, 0.15) is 6.07 Å². The summed E-state index contributed by atoms with van der Waals surface area (Å²) in [6.07, 6.45) is 1.62. The number of pyridine rings is 1. The van der Waals surface area contributed by atoms with Crippen molar-refractivity contribution in [2.75, 3.05) is 0 Å². The summed E-state index contributed by atoms with van der Waals surface area (Å²) in [5.74, 6) is 0. The Balaban J connectivity index is 2.57. The van der Waals surface area contributed by atoms with E-state index >= 15 is 0 Å². The molecule has 0 unspecified atom stereocenters. The monoisotopic (exact) mass is 222 g/mol. The molecular weight excluding hydrogens is 208 g/mol. The summed E-state index contributed by atoms with van der Waals surface area (Å²) >= 11 is 0. The Morgan fingerprint density at radius 2 is 1.71 bits per heavy atom. The van der Waals surface area contributed by atoms with Crippen LogP contribution in [0.2, 0.25) is 0 Å². The quantitative estimate of drug-likeness (QED) is 0.739. The van der Waals surface area contributed by atoms with E-state index < -0.39 is 0 Å². The molecule has 2 heteroatoms. The van der Waals surface area contributed by atoms with E-state index in [0.29, 0.717) is 5.56 Å². The highest BCUT2D eigenvalue weighted by molar-refractivity contribution is 5.68. The largest absolute Gasteiger partial charge is 0.255 e. The molecule has 84 valence electrons. The number of hydrogen-bond acceptors (Lipinski definition) is 2. The Morgan fingerprint density at radius 3 is 2.18 bits per heavy atom. The molecule has 1 heterocycles. The maximum Gasteiger partial charge on any atom is 0.101 e. The van der Waals surface area contributed by atoms with Gasteiger partial charge in [0.15, 0.2) is 0 Å². The van der Waals surface area contributed by atoms with Crippen LogP contribution in [0.4, 0.5) is 0 Å². The Morgan fingerprint density at radius 1 is 1.06 bits per heavy atom. The number of hydrogen-bond donors (Lipinski definition) is 0. The molecule has 0 saturated carbocycles. The molecule has 1 aromatic heterocycles. The van der Waals surface area contributed by atoms with Crippen LogP contribution in [-0.2, 0) is 0 Å². The first-order valence-electron chi connectivity index (χ1n) is 5.56. The number of rotatable bonds is 1. The van der Waals surface area contributed by atoms with Crippen molar-refractivity contribution < 1.29 is 0 Å². The van der Waals surface area contributed by atoms with Gasteiger partial charge in [-0.3, -0.25) is 4.98 Å². The molecule has 0 spiro atoms. The van der Waals surface area contributed by atoms with E-state index in [1.165, 1.54) is 22.3 Å². The number of benzene rings is 1. The zero-order valence-electron chi connectivity index (χ0n) is 10.3. The van der Waals surface area contributed by atoms with Crippen molar-refractivity contribution >= 4 is 0 Å². The highest BCUT2D eigenvalue weighted by Gasteiger charge is 2.07. The molecule has 0 aliphatic carbocycles. The first kappa shape index (κ1) is 11.3. The second kappa shape index (κ2) is 4.39. The SMILES string of the molecule is Cc1cc(C)c(-c2ccc(C#N)cn2)c(C)c1. The normalized spacial score (nSPS) is 10.0. The minimum atomic E-state index is 0.594. The summed E-state index contributed by atoms with van der Waals surface area (Å²) in [4.78, 5) is 4.35. The number of nitrogens with zero attached hydrogens (tertiary/aromatic N) is 2. The fourth-order valence-electron chi connectivity index (χ4n) is 2.19. The third-order valence-corrected chi connectivity index (χ3v) is 2.83. The van der Waals surface area contributed by atoms with E-state index in [1.54, 1.807) is 12.3 Å². The van der Waals surface area contributed by atoms with Crippen LogP contribution in [0, 0.1) is 32.1 Å². The third-order valence-electron chi connectivity index (χ3n) is 2.83. The number of nitriles is 1. The first-order chi connectivity index (χ1) is 8.11. The lowest BCUT2D eigenvalue weighted by atomic mass is 9.97. The molecule has 0 radical (unpaired) electrons. The van der Waals surface area contributed by atoms with Crippen LogP contribution in [0.25, 0.3) is 11.3 Å². The molecule has 0 aliphatic heterocycles. The first-order valence-corrected chi connectivity index (χ1v) is 5.56. The summed E-state index contributed by atoms with van der Waals surface area (Å²) in [6.45, 7) is 6.28. The van der Waals surface area contributed by atoms with Gasteiger partial charge in [-0.25, -0.2) is 0 Å². The topological polar surface area (TPSA) is 36.7 Å². The van der Waals surface area contributed by atoms with Gasteiger partial charge in [-0.05, 0) is 44.0 Å². The molecule has 17 heavy (non-hydrogen) atoms. The molecule has 2 nitrogen and oxygen atoms in total. The molecule has 1 aromatic carbocycles. The van der Waals surface area contributed by atoms with Gasteiger partial charge in [0.2, 0.25) is 0 Å². The Bertz CT molecular complexity index is 566. The third kappa shape index (κ3) is 2.19. The predicted molar refractivity (Wildman–Crippen MR) is 68.6 cm³/mol. The van der Waals surface area contributed by atoms with Gasteiger partial charge in [0.25, 0.3) is 0 Å². The predicted octanol–water partition coefficient (Wildman–Crippen LogP) is 3.55. The smallest absolute Gasteiger partial charge is 0.101 e. The molecular formula is C15H14N2. The Labute approximate surface area is 102 Å². The fraction of sp³-hybridized carbons (Fsp3) is 0.200. The minimum Gasteiger partial charge on any atom is -0.255 e. The van der Waals surface area contributed by atoms with Crippen LogP contribution in [0.5, 0.6) is 0 Å². The lowest BCUT2D eigenvalue weighted by molar-refractivity contribution is 1.25. The van der Waals surface area contributed by atoms with E-state index in [0.717, 1.165) is 5.69 Å². The zero-order chi connectivity index (χ0) is 12.4. The summed E-state index contributed by atoms with van der Waals surface area (Å²) in [5.41, 5.74) is 6.40. The molecule has 2 rings (SSSR count). The maximum atomic E-state index is 8.75. The molecule has 2 aromatic rings. The number of aromatic nitrogens is 1. The molecule has 0 amide bonds. The van der Waals surface area contributed by atoms with Crippen LogP contribution in [-0.4, -0.2) is 4.98 Å². The van der Waals surface area contributed by atoms with Crippen LogP contribution in [0.3, 0.4) is 0 Å². The van der Waals surface area contributed by atoms with Gasteiger partial charge in [0.05, 0.1) is 11.3 Å². The van der Waals surface area contributed by atoms with Crippen molar-refractivity contribution in [3.63, 3.8) is 0 Å². The highest BCUT2D eigenvalue weighted by atomic mass is 14.7. The zero-order valence-corrected chi connectivity index (χ0v) is 10.3. The summed E-state index contributed by atoms with van der Waals surface area (Å²) in [6, 6.07) is 10.1. The highest BCUT2D eigenvalue weighted by Crippen LogP contribution is 2.26. The molecule has 0 fully saturated rings. The van der Waals surface area contributed by atoms with Gasteiger partial charge in [-0.15, -0.1) is 0 Å². The Kier molecular flexibility index (Phi) is 2.93.